The monoisotopic (exact) mass is 306 g/mol. The van der Waals surface area contributed by atoms with E-state index in [4.69, 9.17) is 0 Å². The maximum Gasteiger partial charge on any atom is 0.222 e. The van der Waals surface area contributed by atoms with Crippen LogP contribution in [0.4, 0.5) is 0 Å². The van der Waals surface area contributed by atoms with Gasteiger partial charge in [0.1, 0.15) is 0 Å². The van der Waals surface area contributed by atoms with E-state index in [-0.39, 0.29) is 24.9 Å². The van der Waals surface area contributed by atoms with Crippen LogP contribution in [0.3, 0.4) is 0 Å². The zero-order valence-electron chi connectivity index (χ0n) is 13.0. The number of pyridine rings is 1. The largest absolute Gasteiger partial charge is 0.396 e. The van der Waals surface area contributed by atoms with Crippen LogP contribution >= 0.6 is 0 Å². The summed E-state index contributed by atoms with van der Waals surface area (Å²) in [5, 5.41) is 22.7. The number of aromatic nitrogens is 1. The predicted molar refractivity (Wildman–Crippen MR) is 84.2 cm³/mol. The summed E-state index contributed by atoms with van der Waals surface area (Å²) in [6, 6.07) is 5.67. The van der Waals surface area contributed by atoms with Crippen LogP contribution in [0, 0.1) is 5.92 Å². The number of nitrogens with one attached hydrogen (secondary N) is 1. The first-order valence-corrected chi connectivity index (χ1v) is 8.11. The van der Waals surface area contributed by atoms with Gasteiger partial charge in [-0.05, 0) is 31.4 Å². The first-order valence-electron chi connectivity index (χ1n) is 8.11. The highest BCUT2D eigenvalue weighted by Crippen LogP contribution is 2.30. The summed E-state index contributed by atoms with van der Waals surface area (Å²) in [7, 11) is 0. The highest BCUT2D eigenvalue weighted by atomic mass is 16.3. The molecular weight excluding hydrogens is 280 g/mol. The van der Waals surface area contributed by atoms with Crippen LogP contribution in [0.25, 0.3) is 0 Å². The van der Waals surface area contributed by atoms with Gasteiger partial charge in [0.2, 0.25) is 5.91 Å². The Balaban J connectivity index is 1.76. The maximum atomic E-state index is 12.0. The molecular formula is C17H26N2O3. The van der Waals surface area contributed by atoms with Crippen LogP contribution in [0.15, 0.2) is 24.4 Å². The van der Waals surface area contributed by atoms with Crippen LogP contribution in [-0.4, -0.2) is 39.9 Å². The van der Waals surface area contributed by atoms with Crippen molar-refractivity contribution in [2.45, 2.75) is 50.5 Å². The third-order valence-electron chi connectivity index (χ3n) is 4.34. The molecule has 0 aliphatic heterocycles. The van der Waals surface area contributed by atoms with E-state index < -0.39 is 5.60 Å². The summed E-state index contributed by atoms with van der Waals surface area (Å²) in [6.45, 7) is 0.406. The molecule has 1 amide bonds. The molecule has 1 saturated carbocycles. The number of aliphatic hydroxyl groups excluding tert-OH is 1. The second-order valence-corrected chi connectivity index (χ2v) is 6.34. The van der Waals surface area contributed by atoms with Gasteiger partial charge >= 0.3 is 0 Å². The molecule has 1 unspecified atom stereocenters. The highest BCUT2D eigenvalue weighted by molar-refractivity contribution is 5.77. The average molecular weight is 306 g/mol. The fourth-order valence-corrected chi connectivity index (χ4v) is 3.02. The first-order chi connectivity index (χ1) is 10.6. The van der Waals surface area contributed by atoms with E-state index in [1.165, 1.54) is 0 Å². The molecule has 3 N–H and O–H groups in total. The number of hydrogen-bond acceptors (Lipinski definition) is 4. The minimum atomic E-state index is -0.835. The highest BCUT2D eigenvalue weighted by Gasteiger charge is 2.31. The van der Waals surface area contributed by atoms with E-state index in [1.807, 2.05) is 18.2 Å². The molecule has 0 saturated heterocycles. The van der Waals surface area contributed by atoms with E-state index in [0.717, 1.165) is 25.0 Å². The number of amides is 1. The number of rotatable bonds is 7. The van der Waals surface area contributed by atoms with E-state index in [1.54, 1.807) is 6.20 Å². The molecule has 1 heterocycles. The van der Waals surface area contributed by atoms with Crippen LogP contribution in [0.2, 0.25) is 0 Å². The summed E-state index contributed by atoms with van der Waals surface area (Å²) in [5.41, 5.74) is 0.0691. The second kappa shape index (κ2) is 8.25. The minimum absolute atomic E-state index is 0.00111. The van der Waals surface area contributed by atoms with Gasteiger partial charge in [-0.15, -0.1) is 0 Å². The molecule has 1 fully saturated rings. The van der Waals surface area contributed by atoms with E-state index in [9.17, 15) is 15.0 Å². The van der Waals surface area contributed by atoms with Crippen molar-refractivity contribution in [3.63, 3.8) is 0 Å². The first kappa shape index (κ1) is 16.9. The van der Waals surface area contributed by atoms with Crippen molar-refractivity contribution in [2.24, 2.45) is 5.92 Å². The van der Waals surface area contributed by atoms with Gasteiger partial charge in [0, 0.05) is 31.0 Å². The number of hydrogen-bond donors (Lipinski definition) is 3. The fourth-order valence-electron chi connectivity index (χ4n) is 3.02. The molecule has 5 heteroatoms. The van der Waals surface area contributed by atoms with Crippen molar-refractivity contribution in [3.05, 3.63) is 30.1 Å². The van der Waals surface area contributed by atoms with Gasteiger partial charge in [0.25, 0.3) is 0 Å². The van der Waals surface area contributed by atoms with Gasteiger partial charge in [-0.25, -0.2) is 0 Å². The van der Waals surface area contributed by atoms with Crippen molar-refractivity contribution in [2.75, 3.05) is 13.2 Å². The predicted octanol–water partition coefficient (Wildman–Crippen LogP) is 1.43. The Labute approximate surface area is 131 Å². The van der Waals surface area contributed by atoms with Crippen molar-refractivity contribution in [1.29, 1.82) is 0 Å². The standard InChI is InChI=1S/C17H26N2O3/c20-13-14(10-15-6-2-5-9-18-15)12-19-16(21)11-17(22)7-3-1-4-8-17/h2,5-6,9,14,20,22H,1,3-4,7-8,10-13H2,(H,19,21). The van der Waals surface area contributed by atoms with Gasteiger partial charge < -0.3 is 15.5 Å². The minimum Gasteiger partial charge on any atom is -0.396 e. The molecule has 122 valence electrons. The molecule has 1 aliphatic rings. The Morgan fingerprint density at radius 3 is 2.73 bits per heavy atom. The SMILES string of the molecule is O=C(CC1(O)CCCCC1)NCC(CO)Cc1ccccn1. The molecule has 2 rings (SSSR count). The van der Waals surface area contributed by atoms with Crippen LogP contribution in [0.5, 0.6) is 0 Å². The fraction of sp³-hybridized carbons (Fsp3) is 0.647. The lowest BCUT2D eigenvalue weighted by atomic mass is 9.82. The molecule has 5 nitrogen and oxygen atoms in total. The van der Waals surface area contributed by atoms with Gasteiger partial charge in [0.15, 0.2) is 0 Å². The lowest BCUT2D eigenvalue weighted by Gasteiger charge is -2.31. The van der Waals surface area contributed by atoms with Crippen molar-refractivity contribution in [3.8, 4) is 0 Å². The molecule has 0 radical (unpaired) electrons. The van der Waals surface area contributed by atoms with Gasteiger partial charge in [0.05, 0.1) is 12.0 Å². The molecule has 1 aromatic heterocycles. The summed E-state index contributed by atoms with van der Waals surface area (Å²) < 4.78 is 0. The second-order valence-electron chi connectivity index (χ2n) is 6.34. The number of carbonyl (C=O) groups excluding carboxylic acids is 1. The Kier molecular flexibility index (Phi) is 6.34. The van der Waals surface area contributed by atoms with E-state index in [2.05, 4.69) is 10.3 Å². The quantitative estimate of drug-likeness (QED) is 0.712. The van der Waals surface area contributed by atoms with Gasteiger partial charge in [-0.3, -0.25) is 9.78 Å². The number of aliphatic hydroxyl groups is 2. The Hall–Kier alpha value is -1.46. The Morgan fingerprint density at radius 2 is 2.09 bits per heavy atom. The zero-order valence-corrected chi connectivity index (χ0v) is 13.0. The summed E-state index contributed by atoms with van der Waals surface area (Å²) in [5.74, 6) is -0.191. The van der Waals surface area contributed by atoms with Gasteiger partial charge in [-0.1, -0.05) is 25.3 Å². The Bertz CT molecular complexity index is 458. The summed E-state index contributed by atoms with van der Waals surface area (Å²) in [6.07, 6.45) is 7.04. The van der Waals surface area contributed by atoms with E-state index >= 15 is 0 Å². The lowest BCUT2D eigenvalue weighted by molar-refractivity contribution is -0.127. The van der Waals surface area contributed by atoms with Gasteiger partial charge in [-0.2, -0.15) is 0 Å². The molecule has 0 spiro atoms. The topological polar surface area (TPSA) is 82.5 Å². The number of nitrogens with zero attached hydrogens (tertiary/aromatic N) is 1. The van der Waals surface area contributed by atoms with Crippen molar-refractivity contribution in [1.82, 2.24) is 10.3 Å². The molecule has 0 bridgehead atoms. The third-order valence-corrected chi connectivity index (χ3v) is 4.34. The van der Waals surface area contributed by atoms with Crippen LogP contribution in [-0.2, 0) is 11.2 Å². The Morgan fingerprint density at radius 1 is 1.32 bits per heavy atom. The smallest absolute Gasteiger partial charge is 0.222 e. The maximum absolute atomic E-state index is 12.0. The lowest BCUT2D eigenvalue weighted by Crippen LogP contribution is -2.40. The van der Waals surface area contributed by atoms with Crippen molar-refractivity contribution >= 4 is 5.91 Å². The zero-order chi connectivity index (χ0) is 15.8. The summed E-state index contributed by atoms with van der Waals surface area (Å²) >= 11 is 0. The third kappa shape index (κ3) is 5.39. The van der Waals surface area contributed by atoms with Crippen molar-refractivity contribution < 1.29 is 15.0 Å². The molecule has 22 heavy (non-hydrogen) atoms. The molecule has 0 aromatic carbocycles. The summed E-state index contributed by atoms with van der Waals surface area (Å²) in [4.78, 5) is 16.3. The number of carbonyl (C=O) groups is 1. The molecule has 1 aromatic rings. The van der Waals surface area contributed by atoms with E-state index in [0.29, 0.717) is 25.8 Å². The normalized spacial score (nSPS) is 18.6. The van der Waals surface area contributed by atoms with Crippen LogP contribution in [0.1, 0.15) is 44.2 Å². The molecule has 1 aliphatic carbocycles. The average Bonchev–Trinajstić information content (AvgIpc) is 2.52. The van der Waals surface area contributed by atoms with Crippen LogP contribution < -0.4 is 5.32 Å². The molecule has 1 atom stereocenters.